The van der Waals surface area contributed by atoms with E-state index in [9.17, 15) is 0 Å². The molecule has 0 bridgehead atoms. The van der Waals surface area contributed by atoms with E-state index in [1.165, 1.54) is 12.8 Å². The Balaban J connectivity index is 2.16. The van der Waals surface area contributed by atoms with Gasteiger partial charge in [-0.3, -0.25) is 0 Å². The highest BCUT2D eigenvalue weighted by Gasteiger charge is 2.23. The van der Waals surface area contributed by atoms with Crippen LogP contribution in [0.4, 0.5) is 11.8 Å². The highest BCUT2D eigenvalue weighted by atomic mass is 15.4. The van der Waals surface area contributed by atoms with Crippen molar-refractivity contribution in [1.82, 2.24) is 25.0 Å². The number of fused-ring (bicyclic) bond motifs is 1. The van der Waals surface area contributed by atoms with Gasteiger partial charge in [0, 0.05) is 13.1 Å². The van der Waals surface area contributed by atoms with Crippen LogP contribution in [0.1, 0.15) is 12.8 Å². The van der Waals surface area contributed by atoms with Crippen molar-refractivity contribution in [1.29, 1.82) is 0 Å². The van der Waals surface area contributed by atoms with Crippen LogP contribution in [0.2, 0.25) is 0 Å². The molecular weight excluding hydrogens is 194 g/mol. The van der Waals surface area contributed by atoms with Gasteiger partial charge in [0.15, 0.2) is 17.0 Å². The average molecular weight is 205 g/mol. The number of nitrogens with zero attached hydrogens (tertiary/aromatic N) is 5. The Morgan fingerprint density at radius 1 is 1.40 bits per heavy atom. The molecule has 78 valence electrons. The standard InChI is InChI=1S/C8H11N7/c1-15-7-5(13-14-15)6(10-4-2-3-4)11-8(9)12-7/h4H,2-3H2,1H3,(H3,9,10,11,12). The Hall–Kier alpha value is -1.92. The van der Waals surface area contributed by atoms with Crippen LogP contribution in [0.3, 0.4) is 0 Å². The van der Waals surface area contributed by atoms with E-state index in [1.807, 2.05) is 0 Å². The van der Waals surface area contributed by atoms with Crippen LogP contribution in [0.5, 0.6) is 0 Å². The minimum Gasteiger partial charge on any atom is -0.368 e. The van der Waals surface area contributed by atoms with Gasteiger partial charge in [-0.05, 0) is 12.8 Å². The number of hydrogen-bond donors (Lipinski definition) is 2. The molecule has 7 heteroatoms. The van der Waals surface area contributed by atoms with E-state index in [0.717, 1.165) is 0 Å². The molecule has 0 aromatic carbocycles. The molecule has 0 atom stereocenters. The zero-order chi connectivity index (χ0) is 10.4. The molecule has 15 heavy (non-hydrogen) atoms. The maximum absolute atomic E-state index is 5.62. The summed E-state index contributed by atoms with van der Waals surface area (Å²) in [5.74, 6) is 0.934. The van der Waals surface area contributed by atoms with E-state index in [0.29, 0.717) is 23.0 Å². The predicted molar refractivity (Wildman–Crippen MR) is 55.2 cm³/mol. The highest BCUT2D eigenvalue weighted by molar-refractivity contribution is 5.83. The second-order valence-electron chi connectivity index (χ2n) is 3.73. The largest absolute Gasteiger partial charge is 0.368 e. The Morgan fingerprint density at radius 2 is 2.20 bits per heavy atom. The topological polar surface area (TPSA) is 94.5 Å². The summed E-state index contributed by atoms with van der Waals surface area (Å²) in [4.78, 5) is 8.22. The van der Waals surface area contributed by atoms with Crippen LogP contribution in [0.15, 0.2) is 0 Å². The Kier molecular flexibility index (Phi) is 1.56. The summed E-state index contributed by atoms with van der Waals surface area (Å²) < 4.78 is 1.59. The molecule has 2 aromatic heterocycles. The third-order valence-corrected chi connectivity index (χ3v) is 2.39. The summed E-state index contributed by atoms with van der Waals surface area (Å²) in [6, 6.07) is 0.504. The van der Waals surface area contributed by atoms with Crippen molar-refractivity contribution >= 4 is 22.9 Å². The summed E-state index contributed by atoms with van der Waals surface area (Å²) in [6.07, 6.45) is 2.34. The number of hydrogen-bond acceptors (Lipinski definition) is 6. The third-order valence-electron chi connectivity index (χ3n) is 2.39. The zero-order valence-electron chi connectivity index (χ0n) is 8.30. The second kappa shape index (κ2) is 2.78. The summed E-state index contributed by atoms with van der Waals surface area (Å²) in [5, 5.41) is 11.2. The van der Waals surface area contributed by atoms with Crippen molar-refractivity contribution in [2.45, 2.75) is 18.9 Å². The van der Waals surface area contributed by atoms with Gasteiger partial charge in [0.25, 0.3) is 0 Å². The molecule has 0 amide bonds. The number of nitrogen functional groups attached to an aromatic ring is 1. The molecule has 3 N–H and O–H groups in total. The lowest BCUT2D eigenvalue weighted by Gasteiger charge is -2.03. The van der Waals surface area contributed by atoms with Gasteiger partial charge in [-0.2, -0.15) is 9.97 Å². The van der Waals surface area contributed by atoms with Crippen molar-refractivity contribution in [2.24, 2.45) is 7.05 Å². The van der Waals surface area contributed by atoms with Crippen molar-refractivity contribution in [3.8, 4) is 0 Å². The fraction of sp³-hybridized carbons (Fsp3) is 0.500. The van der Waals surface area contributed by atoms with Crippen molar-refractivity contribution in [3.63, 3.8) is 0 Å². The van der Waals surface area contributed by atoms with Gasteiger partial charge in [-0.1, -0.05) is 5.21 Å². The first kappa shape index (κ1) is 8.39. The first-order valence-electron chi connectivity index (χ1n) is 4.83. The molecule has 1 saturated carbocycles. The van der Waals surface area contributed by atoms with Crippen molar-refractivity contribution < 1.29 is 0 Å². The monoisotopic (exact) mass is 205 g/mol. The van der Waals surface area contributed by atoms with Gasteiger partial charge in [-0.25, -0.2) is 4.68 Å². The number of nitrogens with one attached hydrogen (secondary N) is 1. The quantitative estimate of drug-likeness (QED) is 0.711. The Bertz CT molecular complexity index is 513. The number of nitrogens with two attached hydrogens (primary N) is 1. The molecule has 7 nitrogen and oxygen atoms in total. The molecule has 2 heterocycles. The number of anilines is 2. The van der Waals surface area contributed by atoms with E-state index in [2.05, 4.69) is 25.6 Å². The average Bonchev–Trinajstić information content (AvgIpc) is 2.92. The Morgan fingerprint density at radius 3 is 2.93 bits per heavy atom. The first-order chi connectivity index (χ1) is 7.24. The molecule has 1 aliphatic rings. The minimum atomic E-state index is 0.246. The SMILES string of the molecule is Cn1nnc2c(NC3CC3)nc(N)nc21. The van der Waals surface area contributed by atoms with E-state index < -0.39 is 0 Å². The number of aryl methyl sites for hydroxylation is 1. The predicted octanol–water partition coefficient (Wildman–Crippen LogP) is -0.0852. The lowest BCUT2D eigenvalue weighted by molar-refractivity contribution is 0.730. The van der Waals surface area contributed by atoms with Crippen LogP contribution in [-0.4, -0.2) is 31.0 Å². The molecule has 0 saturated heterocycles. The van der Waals surface area contributed by atoms with Crippen LogP contribution in [0, 0.1) is 0 Å². The molecular formula is C8H11N7. The van der Waals surface area contributed by atoms with Gasteiger partial charge >= 0.3 is 0 Å². The number of rotatable bonds is 2. The summed E-state index contributed by atoms with van der Waals surface area (Å²) in [7, 11) is 1.78. The van der Waals surface area contributed by atoms with Crippen LogP contribution in [-0.2, 0) is 7.05 Å². The maximum Gasteiger partial charge on any atom is 0.224 e. The van der Waals surface area contributed by atoms with Gasteiger partial charge in [-0.15, -0.1) is 5.10 Å². The van der Waals surface area contributed by atoms with Gasteiger partial charge < -0.3 is 11.1 Å². The third kappa shape index (κ3) is 1.36. The second-order valence-corrected chi connectivity index (χ2v) is 3.73. The zero-order valence-corrected chi connectivity index (χ0v) is 8.30. The minimum absolute atomic E-state index is 0.246. The summed E-state index contributed by atoms with van der Waals surface area (Å²) in [6.45, 7) is 0. The molecule has 0 aliphatic heterocycles. The first-order valence-corrected chi connectivity index (χ1v) is 4.83. The molecule has 2 aromatic rings. The van der Waals surface area contributed by atoms with E-state index in [1.54, 1.807) is 11.7 Å². The van der Waals surface area contributed by atoms with Crippen molar-refractivity contribution in [3.05, 3.63) is 0 Å². The van der Waals surface area contributed by atoms with E-state index >= 15 is 0 Å². The molecule has 0 unspecified atom stereocenters. The Labute approximate surface area is 85.7 Å². The summed E-state index contributed by atoms with van der Waals surface area (Å²) >= 11 is 0. The molecule has 1 aliphatic carbocycles. The fourth-order valence-corrected chi connectivity index (χ4v) is 1.45. The summed E-state index contributed by atoms with van der Waals surface area (Å²) in [5.41, 5.74) is 6.96. The van der Waals surface area contributed by atoms with Crippen LogP contribution >= 0.6 is 0 Å². The lowest BCUT2D eigenvalue weighted by atomic mass is 10.4. The molecule has 0 radical (unpaired) electrons. The molecule has 3 rings (SSSR count). The maximum atomic E-state index is 5.62. The normalized spacial score (nSPS) is 15.8. The highest BCUT2D eigenvalue weighted by Crippen LogP contribution is 2.26. The van der Waals surface area contributed by atoms with Gasteiger partial charge in [0.1, 0.15) is 0 Å². The molecule has 1 fully saturated rings. The van der Waals surface area contributed by atoms with Crippen molar-refractivity contribution in [2.75, 3.05) is 11.1 Å². The lowest BCUT2D eigenvalue weighted by Crippen LogP contribution is -2.07. The van der Waals surface area contributed by atoms with Gasteiger partial charge in [0.05, 0.1) is 0 Å². The molecule has 0 spiro atoms. The fourth-order valence-electron chi connectivity index (χ4n) is 1.45. The smallest absolute Gasteiger partial charge is 0.224 e. The van der Waals surface area contributed by atoms with Gasteiger partial charge in [0.2, 0.25) is 5.95 Å². The number of aromatic nitrogens is 5. The van der Waals surface area contributed by atoms with E-state index in [-0.39, 0.29) is 5.95 Å². The van der Waals surface area contributed by atoms with E-state index in [4.69, 9.17) is 5.73 Å². The van der Waals surface area contributed by atoms with Crippen LogP contribution in [0.25, 0.3) is 11.2 Å². The van der Waals surface area contributed by atoms with Crippen LogP contribution < -0.4 is 11.1 Å².